The van der Waals surface area contributed by atoms with Gasteiger partial charge in [0.05, 0.1) is 11.2 Å². The molecule has 6 nitrogen and oxygen atoms in total. The first-order chi connectivity index (χ1) is 13.6. The largest absolute Gasteiger partial charge is 0.507 e. The van der Waals surface area contributed by atoms with E-state index in [0.29, 0.717) is 35.5 Å². The van der Waals surface area contributed by atoms with Crippen molar-refractivity contribution < 1.29 is 23.4 Å². The molecule has 152 valence electrons. The number of rotatable bonds is 3. The van der Waals surface area contributed by atoms with E-state index in [-0.39, 0.29) is 17.3 Å². The summed E-state index contributed by atoms with van der Waals surface area (Å²) < 4.78 is 38.6. The summed E-state index contributed by atoms with van der Waals surface area (Å²) in [5.41, 5.74) is -1.26. The molecule has 0 saturated heterocycles. The first kappa shape index (κ1) is 19.4. The van der Waals surface area contributed by atoms with Crippen molar-refractivity contribution in [3.8, 4) is 17.0 Å². The Hall–Kier alpha value is -2.94. The zero-order valence-corrected chi connectivity index (χ0v) is 15.5. The fourth-order valence-corrected chi connectivity index (χ4v) is 3.75. The van der Waals surface area contributed by atoms with Gasteiger partial charge in [-0.3, -0.25) is 4.98 Å². The predicted molar refractivity (Wildman–Crippen MR) is 101 cm³/mol. The Morgan fingerprint density at radius 1 is 1.17 bits per heavy atom. The number of hydrogen-bond acceptors (Lipinski definition) is 6. The van der Waals surface area contributed by atoms with E-state index in [9.17, 15) is 23.4 Å². The smallest absolute Gasteiger partial charge is 0.416 e. The zero-order valence-electron chi connectivity index (χ0n) is 15.5. The fraction of sp³-hybridized carbons (Fsp3) is 0.350. The van der Waals surface area contributed by atoms with Crippen LogP contribution < -0.4 is 5.32 Å². The van der Waals surface area contributed by atoms with Gasteiger partial charge in [0, 0.05) is 34.8 Å². The number of halogens is 3. The second kappa shape index (κ2) is 6.84. The standard InChI is InChI=1S/C20H19F3N4O2/c1-19(29)6-4-12(9-19)25-18-15-10-24-7-5-13(15)17(26-27-18)14-3-2-11(8-16(14)28)20(21,22)23/h2-3,5,7-8,10,12,28-29H,4,6,9H2,1H3,(H,25,27)/t12-,19+/m0/s1. The molecule has 3 N–H and O–H groups in total. The lowest BCUT2D eigenvalue weighted by Gasteiger charge is -2.18. The first-order valence-corrected chi connectivity index (χ1v) is 9.14. The minimum absolute atomic E-state index is 0.0213. The maximum Gasteiger partial charge on any atom is 0.416 e. The molecule has 2 aromatic heterocycles. The van der Waals surface area contributed by atoms with Crippen LogP contribution >= 0.6 is 0 Å². The van der Waals surface area contributed by atoms with Gasteiger partial charge < -0.3 is 15.5 Å². The number of benzene rings is 1. The van der Waals surface area contributed by atoms with E-state index in [1.165, 1.54) is 6.07 Å². The quantitative estimate of drug-likeness (QED) is 0.608. The summed E-state index contributed by atoms with van der Waals surface area (Å²) in [4.78, 5) is 4.11. The van der Waals surface area contributed by atoms with Crippen LogP contribution in [-0.2, 0) is 6.18 Å². The number of aromatic hydroxyl groups is 1. The number of nitrogens with zero attached hydrogens (tertiary/aromatic N) is 3. The molecule has 1 aromatic carbocycles. The topological polar surface area (TPSA) is 91.2 Å². The first-order valence-electron chi connectivity index (χ1n) is 9.14. The average molecular weight is 404 g/mol. The Balaban J connectivity index is 1.74. The van der Waals surface area contributed by atoms with Crippen LogP contribution in [0.3, 0.4) is 0 Å². The lowest BCUT2D eigenvalue weighted by molar-refractivity contribution is -0.137. The number of fused-ring (bicyclic) bond motifs is 1. The number of nitrogens with one attached hydrogen (secondary N) is 1. The van der Waals surface area contributed by atoms with Gasteiger partial charge in [-0.25, -0.2) is 0 Å². The van der Waals surface area contributed by atoms with Crippen molar-refractivity contribution in [1.29, 1.82) is 0 Å². The van der Waals surface area contributed by atoms with Crippen LogP contribution in [0.15, 0.2) is 36.7 Å². The molecule has 1 fully saturated rings. The molecule has 2 heterocycles. The predicted octanol–water partition coefficient (Wildman–Crippen LogP) is 4.13. The number of pyridine rings is 1. The van der Waals surface area contributed by atoms with Crippen LogP contribution in [0.4, 0.5) is 19.0 Å². The molecule has 0 unspecified atom stereocenters. The van der Waals surface area contributed by atoms with E-state index in [1.807, 2.05) is 0 Å². The number of alkyl halides is 3. The van der Waals surface area contributed by atoms with E-state index in [4.69, 9.17) is 0 Å². The molecule has 2 atom stereocenters. The summed E-state index contributed by atoms with van der Waals surface area (Å²) in [6.07, 6.45) is 0.592. The number of phenolic OH excluding ortho intramolecular Hbond substituents is 1. The molecule has 0 aliphatic heterocycles. The highest BCUT2D eigenvalue weighted by atomic mass is 19.4. The van der Waals surface area contributed by atoms with E-state index in [2.05, 4.69) is 20.5 Å². The van der Waals surface area contributed by atoms with Crippen molar-refractivity contribution >= 4 is 16.6 Å². The van der Waals surface area contributed by atoms with Crippen LogP contribution in [0.1, 0.15) is 31.7 Å². The van der Waals surface area contributed by atoms with Crippen molar-refractivity contribution in [3.63, 3.8) is 0 Å². The second-order valence-electron chi connectivity index (χ2n) is 7.63. The summed E-state index contributed by atoms with van der Waals surface area (Å²) in [7, 11) is 0. The van der Waals surface area contributed by atoms with Crippen LogP contribution in [0.25, 0.3) is 22.0 Å². The highest BCUT2D eigenvalue weighted by Crippen LogP contribution is 2.39. The van der Waals surface area contributed by atoms with Gasteiger partial charge in [-0.05, 0) is 50.5 Å². The van der Waals surface area contributed by atoms with Crippen molar-refractivity contribution in [2.24, 2.45) is 0 Å². The SMILES string of the molecule is C[C@@]1(O)CC[C@H](Nc2nnc(-c3ccc(C(F)(F)F)cc3O)c3ccncc23)C1. The number of phenols is 1. The van der Waals surface area contributed by atoms with E-state index < -0.39 is 23.1 Å². The third-order valence-corrected chi connectivity index (χ3v) is 5.22. The van der Waals surface area contributed by atoms with E-state index >= 15 is 0 Å². The lowest BCUT2D eigenvalue weighted by atomic mass is 10.0. The molecule has 9 heteroatoms. The monoisotopic (exact) mass is 404 g/mol. The molecule has 1 aliphatic rings. The Morgan fingerprint density at radius 3 is 2.62 bits per heavy atom. The summed E-state index contributed by atoms with van der Waals surface area (Å²) >= 11 is 0. The molecular formula is C20H19F3N4O2. The zero-order chi connectivity index (χ0) is 20.8. The van der Waals surface area contributed by atoms with Crippen LogP contribution in [0.5, 0.6) is 5.75 Å². The molecule has 1 aliphatic carbocycles. The highest BCUT2D eigenvalue weighted by molar-refractivity contribution is 6.00. The van der Waals surface area contributed by atoms with Crippen LogP contribution in [0, 0.1) is 0 Å². The van der Waals surface area contributed by atoms with Gasteiger partial charge >= 0.3 is 6.18 Å². The Kier molecular flexibility index (Phi) is 4.57. The minimum Gasteiger partial charge on any atom is -0.507 e. The fourth-order valence-electron chi connectivity index (χ4n) is 3.75. The minimum atomic E-state index is -4.55. The van der Waals surface area contributed by atoms with Crippen LogP contribution in [0.2, 0.25) is 0 Å². The second-order valence-corrected chi connectivity index (χ2v) is 7.63. The van der Waals surface area contributed by atoms with Crippen molar-refractivity contribution in [2.75, 3.05) is 5.32 Å². The Bertz CT molecular complexity index is 1070. The highest BCUT2D eigenvalue weighted by Gasteiger charge is 2.34. The van der Waals surface area contributed by atoms with Gasteiger partial charge in [-0.15, -0.1) is 10.2 Å². The van der Waals surface area contributed by atoms with Gasteiger partial charge in [-0.1, -0.05) is 0 Å². The normalized spacial score (nSPS) is 22.2. The van der Waals surface area contributed by atoms with Crippen molar-refractivity contribution in [3.05, 3.63) is 42.2 Å². The van der Waals surface area contributed by atoms with E-state index in [1.54, 1.807) is 25.4 Å². The summed E-state index contributed by atoms with van der Waals surface area (Å²) in [6, 6.07) is 4.45. The third kappa shape index (κ3) is 3.82. The number of anilines is 1. The third-order valence-electron chi connectivity index (χ3n) is 5.22. The maximum absolute atomic E-state index is 12.9. The molecule has 0 amide bonds. The average Bonchev–Trinajstić information content (AvgIpc) is 3.00. The van der Waals surface area contributed by atoms with Gasteiger partial charge in [0.2, 0.25) is 0 Å². The van der Waals surface area contributed by atoms with Gasteiger partial charge in [0.15, 0.2) is 5.82 Å². The molecule has 0 radical (unpaired) electrons. The van der Waals surface area contributed by atoms with Crippen molar-refractivity contribution in [1.82, 2.24) is 15.2 Å². The maximum atomic E-state index is 12.9. The molecular weight excluding hydrogens is 385 g/mol. The van der Waals surface area contributed by atoms with Gasteiger partial charge in [-0.2, -0.15) is 13.2 Å². The Morgan fingerprint density at radius 2 is 1.97 bits per heavy atom. The molecule has 1 saturated carbocycles. The summed E-state index contributed by atoms with van der Waals surface area (Å²) in [6.45, 7) is 1.79. The molecule has 4 rings (SSSR count). The van der Waals surface area contributed by atoms with E-state index in [0.717, 1.165) is 12.5 Å². The number of aromatic nitrogens is 3. The number of hydrogen-bond donors (Lipinski definition) is 3. The molecule has 3 aromatic rings. The lowest BCUT2D eigenvalue weighted by Crippen LogP contribution is -2.24. The summed E-state index contributed by atoms with van der Waals surface area (Å²) in [5.74, 6) is -0.0502. The van der Waals surface area contributed by atoms with Crippen molar-refractivity contribution in [2.45, 2.75) is 44.0 Å². The molecule has 0 bridgehead atoms. The Labute approximate surface area is 164 Å². The van der Waals surface area contributed by atoms with Gasteiger partial charge in [0.25, 0.3) is 0 Å². The van der Waals surface area contributed by atoms with Crippen LogP contribution in [-0.4, -0.2) is 37.0 Å². The molecule has 0 spiro atoms. The summed E-state index contributed by atoms with van der Waals surface area (Å²) in [5, 5.41) is 33.2. The van der Waals surface area contributed by atoms with Gasteiger partial charge in [0.1, 0.15) is 11.4 Å². The number of aliphatic hydroxyl groups is 1. The molecule has 29 heavy (non-hydrogen) atoms.